The van der Waals surface area contributed by atoms with E-state index in [9.17, 15) is 9.18 Å². The highest BCUT2D eigenvalue weighted by atomic mass is 19.1. The Balaban J connectivity index is 2.26. The van der Waals surface area contributed by atoms with Crippen LogP contribution in [-0.4, -0.2) is 25.8 Å². The first-order valence-corrected chi connectivity index (χ1v) is 6.95. The third kappa shape index (κ3) is 4.29. The largest absolute Gasteiger partial charge is 0.489 e. The third-order valence-electron chi connectivity index (χ3n) is 3.09. The quantitative estimate of drug-likeness (QED) is 0.658. The summed E-state index contributed by atoms with van der Waals surface area (Å²) in [6.07, 6.45) is 0. The molecule has 5 nitrogen and oxygen atoms in total. The standard InChI is InChI=1S/C17H17FN2O3/c1-19-17(21)16(20-22-2)15-9-4-3-6-12(15)11-23-14-8-5-7-13(18)10-14/h3-10H,11H2,1-2H3,(H,19,21)/b20-16+. The molecule has 0 aliphatic rings. The van der Waals surface area contributed by atoms with Crippen molar-refractivity contribution in [2.24, 2.45) is 5.16 Å². The maximum absolute atomic E-state index is 13.2. The van der Waals surface area contributed by atoms with Crippen LogP contribution in [0.3, 0.4) is 0 Å². The number of rotatable bonds is 6. The fourth-order valence-corrected chi connectivity index (χ4v) is 2.02. The van der Waals surface area contributed by atoms with Crippen LogP contribution in [0.4, 0.5) is 4.39 Å². The third-order valence-corrected chi connectivity index (χ3v) is 3.09. The molecule has 1 amide bonds. The van der Waals surface area contributed by atoms with Crippen LogP contribution in [0.2, 0.25) is 0 Å². The van der Waals surface area contributed by atoms with Crippen LogP contribution >= 0.6 is 0 Å². The van der Waals surface area contributed by atoms with E-state index in [-0.39, 0.29) is 24.0 Å². The molecule has 0 aliphatic heterocycles. The van der Waals surface area contributed by atoms with E-state index >= 15 is 0 Å². The van der Waals surface area contributed by atoms with Gasteiger partial charge in [-0.3, -0.25) is 4.79 Å². The average Bonchev–Trinajstić information content (AvgIpc) is 2.58. The second kappa shape index (κ2) is 7.93. The van der Waals surface area contributed by atoms with Crippen LogP contribution < -0.4 is 10.1 Å². The average molecular weight is 316 g/mol. The van der Waals surface area contributed by atoms with Gasteiger partial charge in [-0.05, 0) is 17.7 Å². The van der Waals surface area contributed by atoms with Crippen molar-refractivity contribution in [1.29, 1.82) is 0 Å². The highest BCUT2D eigenvalue weighted by molar-refractivity contribution is 6.45. The Morgan fingerprint density at radius 3 is 2.70 bits per heavy atom. The second-order valence-electron chi connectivity index (χ2n) is 4.60. The number of nitrogens with zero attached hydrogens (tertiary/aromatic N) is 1. The van der Waals surface area contributed by atoms with Crippen molar-refractivity contribution < 1.29 is 18.8 Å². The molecule has 0 unspecified atom stereocenters. The Bertz CT molecular complexity index is 716. The molecule has 0 aliphatic carbocycles. The highest BCUT2D eigenvalue weighted by Crippen LogP contribution is 2.17. The van der Waals surface area contributed by atoms with Crippen LogP contribution in [0.15, 0.2) is 53.7 Å². The van der Waals surface area contributed by atoms with Crippen molar-refractivity contribution in [3.05, 3.63) is 65.5 Å². The molecular formula is C17H17FN2O3. The van der Waals surface area contributed by atoms with E-state index in [0.29, 0.717) is 11.3 Å². The minimum Gasteiger partial charge on any atom is -0.489 e. The van der Waals surface area contributed by atoms with Crippen molar-refractivity contribution in [3.8, 4) is 5.75 Å². The highest BCUT2D eigenvalue weighted by Gasteiger charge is 2.17. The molecule has 0 atom stereocenters. The van der Waals surface area contributed by atoms with Gasteiger partial charge in [0.2, 0.25) is 0 Å². The predicted molar refractivity (Wildman–Crippen MR) is 84.8 cm³/mol. The van der Waals surface area contributed by atoms with Crippen molar-refractivity contribution in [2.75, 3.05) is 14.2 Å². The lowest BCUT2D eigenvalue weighted by Gasteiger charge is -2.12. The van der Waals surface area contributed by atoms with Gasteiger partial charge in [0.1, 0.15) is 25.3 Å². The van der Waals surface area contributed by atoms with Gasteiger partial charge >= 0.3 is 0 Å². The van der Waals surface area contributed by atoms with Gasteiger partial charge in [0.15, 0.2) is 5.71 Å². The summed E-state index contributed by atoms with van der Waals surface area (Å²) in [5, 5.41) is 6.30. The summed E-state index contributed by atoms with van der Waals surface area (Å²) >= 11 is 0. The number of oxime groups is 1. The zero-order chi connectivity index (χ0) is 16.7. The first-order chi connectivity index (χ1) is 11.2. The normalized spacial score (nSPS) is 11.0. The predicted octanol–water partition coefficient (Wildman–Crippen LogP) is 2.50. The van der Waals surface area contributed by atoms with Gasteiger partial charge in [0.25, 0.3) is 5.91 Å². The molecular weight excluding hydrogens is 299 g/mol. The number of carbonyl (C=O) groups is 1. The minimum absolute atomic E-state index is 0.147. The van der Waals surface area contributed by atoms with Crippen molar-refractivity contribution in [1.82, 2.24) is 5.32 Å². The van der Waals surface area contributed by atoms with Gasteiger partial charge in [-0.25, -0.2) is 4.39 Å². The lowest BCUT2D eigenvalue weighted by atomic mass is 10.0. The van der Waals surface area contributed by atoms with E-state index in [1.54, 1.807) is 24.3 Å². The van der Waals surface area contributed by atoms with Crippen molar-refractivity contribution in [3.63, 3.8) is 0 Å². The lowest BCUT2D eigenvalue weighted by Crippen LogP contribution is -2.29. The molecule has 0 aromatic heterocycles. The molecule has 2 rings (SSSR count). The Labute approximate surface area is 133 Å². The van der Waals surface area contributed by atoms with Crippen LogP contribution in [-0.2, 0) is 16.2 Å². The number of hydrogen-bond acceptors (Lipinski definition) is 4. The number of likely N-dealkylation sites (N-methyl/N-ethyl adjacent to an activating group) is 1. The van der Waals surface area contributed by atoms with E-state index in [1.807, 2.05) is 12.1 Å². The zero-order valence-corrected chi connectivity index (χ0v) is 12.9. The number of halogens is 1. The summed E-state index contributed by atoms with van der Waals surface area (Å²) < 4.78 is 18.8. The van der Waals surface area contributed by atoms with Crippen LogP contribution in [0.5, 0.6) is 5.75 Å². The number of hydrogen-bond donors (Lipinski definition) is 1. The van der Waals surface area contributed by atoms with Gasteiger partial charge in [-0.15, -0.1) is 0 Å². The maximum atomic E-state index is 13.2. The molecule has 2 aromatic rings. The van der Waals surface area contributed by atoms with Crippen molar-refractivity contribution >= 4 is 11.6 Å². The molecule has 0 radical (unpaired) electrons. The fourth-order valence-electron chi connectivity index (χ4n) is 2.02. The van der Waals surface area contributed by atoms with E-state index in [4.69, 9.17) is 9.57 Å². The van der Waals surface area contributed by atoms with Crippen LogP contribution in [0.1, 0.15) is 11.1 Å². The Morgan fingerprint density at radius 1 is 1.22 bits per heavy atom. The molecule has 120 valence electrons. The molecule has 6 heteroatoms. The fraction of sp³-hybridized carbons (Fsp3) is 0.176. The molecule has 0 heterocycles. The van der Waals surface area contributed by atoms with Gasteiger partial charge in [-0.2, -0.15) is 0 Å². The van der Waals surface area contributed by atoms with Gasteiger partial charge in [0.05, 0.1) is 0 Å². The topological polar surface area (TPSA) is 59.9 Å². The second-order valence-corrected chi connectivity index (χ2v) is 4.60. The first-order valence-electron chi connectivity index (χ1n) is 6.95. The SMILES string of the molecule is CNC(=O)/C(=N/OC)c1ccccc1COc1cccc(F)c1. The zero-order valence-electron chi connectivity index (χ0n) is 12.9. The summed E-state index contributed by atoms with van der Waals surface area (Å²) in [6.45, 7) is 0.166. The molecule has 1 N–H and O–H groups in total. The molecule has 0 saturated carbocycles. The Kier molecular flexibility index (Phi) is 5.68. The summed E-state index contributed by atoms with van der Waals surface area (Å²) in [5.41, 5.74) is 1.47. The molecule has 2 aromatic carbocycles. The summed E-state index contributed by atoms with van der Waals surface area (Å²) in [5.74, 6) is -0.335. The molecule has 0 saturated heterocycles. The molecule has 23 heavy (non-hydrogen) atoms. The minimum atomic E-state index is -0.372. The van der Waals surface area contributed by atoms with E-state index in [2.05, 4.69) is 10.5 Å². The number of carbonyl (C=O) groups excluding carboxylic acids is 1. The van der Waals surface area contributed by atoms with E-state index in [0.717, 1.165) is 5.56 Å². The Morgan fingerprint density at radius 2 is 2.00 bits per heavy atom. The van der Waals surface area contributed by atoms with Gasteiger partial charge < -0.3 is 14.9 Å². The van der Waals surface area contributed by atoms with Gasteiger partial charge in [-0.1, -0.05) is 35.5 Å². The maximum Gasteiger partial charge on any atom is 0.273 e. The van der Waals surface area contributed by atoms with Gasteiger partial charge in [0, 0.05) is 18.7 Å². The van der Waals surface area contributed by atoms with Crippen molar-refractivity contribution in [2.45, 2.75) is 6.61 Å². The summed E-state index contributed by atoms with van der Waals surface area (Å²) in [6, 6.07) is 13.0. The summed E-state index contributed by atoms with van der Waals surface area (Å²) in [4.78, 5) is 16.7. The number of nitrogens with one attached hydrogen (secondary N) is 1. The number of ether oxygens (including phenoxy) is 1. The lowest BCUT2D eigenvalue weighted by molar-refractivity contribution is -0.114. The molecule has 0 spiro atoms. The summed E-state index contributed by atoms with van der Waals surface area (Å²) in [7, 11) is 2.88. The number of benzene rings is 2. The molecule has 0 fully saturated rings. The van der Waals surface area contributed by atoms with Crippen LogP contribution in [0, 0.1) is 5.82 Å². The number of amides is 1. The van der Waals surface area contributed by atoms with Crippen LogP contribution in [0.25, 0.3) is 0 Å². The smallest absolute Gasteiger partial charge is 0.273 e. The monoisotopic (exact) mass is 316 g/mol. The van der Waals surface area contributed by atoms with E-state index in [1.165, 1.54) is 26.3 Å². The first kappa shape index (κ1) is 16.5. The Hall–Kier alpha value is -2.89. The van der Waals surface area contributed by atoms with E-state index < -0.39 is 0 Å². The molecule has 0 bridgehead atoms.